The number of carbonyl (C=O) groups is 1. The highest BCUT2D eigenvalue weighted by molar-refractivity contribution is 5.92. The van der Waals surface area contributed by atoms with Gasteiger partial charge in [-0.2, -0.15) is 0 Å². The minimum absolute atomic E-state index is 0.0612. The highest BCUT2D eigenvalue weighted by atomic mass is 16.1. The molecular weight excluding hydrogens is 370 g/mol. The van der Waals surface area contributed by atoms with E-state index in [1.165, 1.54) is 69.7 Å². The van der Waals surface area contributed by atoms with E-state index in [2.05, 4.69) is 47.7 Å². The number of carbonyl (C=O) groups excluding carboxylic acids is 1. The van der Waals surface area contributed by atoms with Gasteiger partial charge in [0.25, 0.3) is 0 Å². The van der Waals surface area contributed by atoms with E-state index >= 15 is 0 Å². The number of amides is 1. The van der Waals surface area contributed by atoms with E-state index in [1.807, 2.05) is 0 Å². The van der Waals surface area contributed by atoms with E-state index in [0.29, 0.717) is 12.1 Å². The van der Waals surface area contributed by atoms with E-state index < -0.39 is 0 Å². The summed E-state index contributed by atoms with van der Waals surface area (Å²) in [6.07, 6.45) is 15.3. The summed E-state index contributed by atoms with van der Waals surface area (Å²) in [5.41, 5.74) is 2.86. The van der Waals surface area contributed by atoms with Crippen LogP contribution in [0.5, 0.6) is 0 Å². The molecule has 30 heavy (non-hydrogen) atoms. The van der Waals surface area contributed by atoms with Gasteiger partial charge >= 0.3 is 0 Å². The van der Waals surface area contributed by atoms with Gasteiger partial charge in [0.1, 0.15) is 5.82 Å². The second-order valence-corrected chi connectivity index (χ2v) is 8.49. The molecule has 1 aromatic heterocycles. The molecule has 2 rings (SSSR count). The van der Waals surface area contributed by atoms with Gasteiger partial charge in [0.05, 0.1) is 11.0 Å². The summed E-state index contributed by atoms with van der Waals surface area (Å²) < 4.78 is 2.39. The van der Waals surface area contributed by atoms with Crippen LogP contribution in [0.15, 0.2) is 36.4 Å². The standard InChI is InChI=1S/C26H41N3O/c1-4-5-6-7-8-9-10-11-12-15-21-29-24-18-14-13-17-23(24)28-25(29)19-16-20-27-26(30)22(2)3/h13-14,17-18H,2,4-12,15-16,19-21H2,1,3H3,(H,27,30). The zero-order valence-corrected chi connectivity index (χ0v) is 19.2. The van der Waals surface area contributed by atoms with Crippen molar-refractivity contribution in [3.8, 4) is 0 Å². The Labute approximate surface area is 183 Å². The van der Waals surface area contributed by atoms with Crippen molar-refractivity contribution in [1.82, 2.24) is 14.9 Å². The predicted molar refractivity (Wildman–Crippen MR) is 128 cm³/mol. The van der Waals surface area contributed by atoms with Crippen molar-refractivity contribution in [2.75, 3.05) is 6.54 Å². The molecule has 0 aliphatic heterocycles. The number of imidazole rings is 1. The van der Waals surface area contributed by atoms with Crippen LogP contribution >= 0.6 is 0 Å². The van der Waals surface area contributed by atoms with Gasteiger partial charge < -0.3 is 9.88 Å². The number of hydrogen-bond acceptors (Lipinski definition) is 2. The van der Waals surface area contributed by atoms with E-state index in [0.717, 1.165) is 30.7 Å². The van der Waals surface area contributed by atoms with Gasteiger partial charge in [-0.05, 0) is 31.9 Å². The van der Waals surface area contributed by atoms with E-state index in [-0.39, 0.29) is 5.91 Å². The fraction of sp³-hybridized carbons (Fsp3) is 0.615. The second kappa shape index (κ2) is 14.0. The van der Waals surface area contributed by atoms with Crippen molar-refractivity contribution in [1.29, 1.82) is 0 Å². The molecule has 0 saturated carbocycles. The molecule has 0 aliphatic carbocycles. The molecule has 0 atom stereocenters. The zero-order chi connectivity index (χ0) is 21.6. The molecule has 1 N–H and O–H groups in total. The van der Waals surface area contributed by atoms with Gasteiger partial charge in [-0.1, -0.05) is 83.4 Å². The topological polar surface area (TPSA) is 46.9 Å². The summed E-state index contributed by atoms with van der Waals surface area (Å²) in [5, 5.41) is 2.92. The number of rotatable bonds is 16. The second-order valence-electron chi connectivity index (χ2n) is 8.49. The number of fused-ring (bicyclic) bond motifs is 1. The molecule has 4 nitrogen and oxygen atoms in total. The minimum Gasteiger partial charge on any atom is -0.352 e. The van der Waals surface area contributed by atoms with Gasteiger partial charge in [-0.3, -0.25) is 4.79 Å². The summed E-state index contributed by atoms with van der Waals surface area (Å²) in [6, 6.07) is 8.41. The van der Waals surface area contributed by atoms with E-state index in [4.69, 9.17) is 4.98 Å². The monoisotopic (exact) mass is 411 g/mol. The summed E-state index contributed by atoms with van der Waals surface area (Å²) in [6.45, 7) is 9.39. The molecule has 166 valence electrons. The normalized spacial score (nSPS) is 11.1. The number of nitrogens with zero attached hydrogens (tertiary/aromatic N) is 2. The van der Waals surface area contributed by atoms with Crippen LogP contribution in [0.1, 0.15) is 90.3 Å². The van der Waals surface area contributed by atoms with Gasteiger partial charge in [0.2, 0.25) is 5.91 Å². The summed E-state index contributed by atoms with van der Waals surface area (Å²) in [5.74, 6) is 1.07. The van der Waals surface area contributed by atoms with Crippen LogP contribution in [0.2, 0.25) is 0 Å². The van der Waals surface area contributed by atoms with Crippen LogP contribution < -0.4 is 5.32 Å². The maximum Gasteiger partial charge on any atom is 0.246 e. The smallest absolute Gasteiger partial charge is 0.246 e. The number of aromatic nitrogens is 2. The lowest BCUT2D eigenvalue weighted by molar-refractivity contribution is -0.117. The molecule has 0 spiro atoms. The molecule has 0 saturated heterocycles. The van der Waals surface area contributed by atoms with E-state index in [9.17, 15) is 4.79 Å². The van der Waals surface area contributed by atoms with Crippen LogP contribution in [0.25, 0.3) is 11.0 Å². The van der Waals surface area contributed by atoms with Crippen LogP contribution in [-0.4, -0.2) is 22.0 Å². The lowest BCUT2D eigenvalue weighted by Crippen LogP contribution is -2.25. The highest BCUT2D eigenvalue weighted by Gasteiger charge is 2.10. The molecule has 0 bridgehead atoms. The molecule has 4 heteroatoms. The minimum atomic E-state index is -0.0612. The molecular formula is C26H41N3O. The Morgan fingerprint density at radius 2 is 1.60 bits per heavy atom. The van der Waals surface area contributed by atoms with E-state index in [1.54, 1.807) is 6.92 Å². The first kappa shape index (κ1) is 24.2. The Hall–Kier alpha value is -2.10. The number of nitrogens with one attached hydrogen (secondary N) is 1. The van der Waals surface area contributed by atoms with Crippen molar-refractivity contribution in [3.63, 3.8) is 0 Å². The maximum absolute atomic E-state index is 11.6. The lowest BCUT2D eigenvalue weighted by atomic mass is 10.1. The van der Waals surface area contributed by atoms with Gasteiger partial charge in [-0.25, -0.2) is 4.98 Å². The molecule has 0 fully saturated rings. The van der Waals surface area contributed by atoms with Crippen LogP contribution in [0, 0.1) is 0 Å². The maximum atomic E-state index is 11.6. The Morgan fingerprint density at radius 1 is 0.967 bits per heavy atom. The van der Waals surface area contributed by atoms with Crippen LogP contribution in [-0.2, 0) is 17.8 Å². The highest BCUT2D eigenvalue weighted by Crippen LogP contribution is 2.19. The van der Waals surface area contributed by atoms with Gasteiger partial charge in [0, 0.05) is 25.1 Å². The Balaban J connectivity index is 1.76. The lowest BCUT2D eigenvalue weighted by Gasteiger charge is -2.10. The SMILES string of the molecule is C=C(C)C(=O)NCCCc1nc2ccccc2n1CCCCCCCCCCCC. The Bertz CT molecular complexity index is 778. The molecule has 1 heterocycles. The van der Waals surface area contributed by atoms with Gasteiger partial charge in [0.15, 0.2) is 0 Å². The summed E-state index contributed by atoms with van der Waals surface area (Å²) >= 11 is 0. The molecule has 1 amide bonds. The number of aryl methyl sites for hydroxylation is 2. The fourth-order valence-electron chi connectivity index (χ4n) is 3.92. The first-order valence-corrected chi connectivity index (χ1v) is 12.0. The third kappa shape index (κ3) is 8.33. The number of unbranched alkanes of at least 4 members (excludes halogenated alkanes) is 9. The number of hydrogen-bond donors (Lipinski definition) is 1. The zero-order valence-electron chi connectivity index (χ0n) is 19.2. The van der Waals surface area contributed by atoms with Crippen LogP contribution in [0.4, 0.5) is 0 Å². The van der Waals surface area contributed by atoms with Crippen molar-refractivity contribution in [3.05, 3.63) is 42.2 Å². The molecule has 0 radical (unpaired) electrons. The number of benzene rings is 1. The van der Waals surface area contributed by atoms with Crippen molar-refractivity contribution in [2.24, 2.45) is 0 Å². The molecule has 2 aromatic rings. The fourth-order valence-corrected chi connectivity index (χ4v) is 3.92. The van der Waals surface area contributed by atoms with Gasteiger partial charge in [-0.15, -0.1) is 0 Å². The third-order valence-corrected chi connectivity index (χ3v) is 5.72. The molecule has 1 aromatic carbocycles. The molecule has 0 unspecified atom stereocenters. The average Bonchev–Trinajstić information content (AvgIpc) is 3.09. The van der Waals surface area contributed by atoms with Crippen molar-refractivity contribution < 1.29 is 4.79 Å². The quantitative estimate of drug-likeness (QED) is 0.250. The average molecular weight is 412 g/mol. The first-order chi connectivity index (χ1) is 14.6. The van der Waals surface area contributed by atoms with Crippen molar-refractivity contribution >= 4 is 16.9 Å². The summed E-state index contributed by atoms with van der Waals surface area (Å²) in [4.78, 5) is 16.5. The largest absolute Gasteiger partial charge is 0.352 e. The number of para-hydroxylation sites is 2. The predicted octanol–water partition coefficient (Wildman–Crippen LogP) is 6.58. The third-order valence-electron chi connectivity index (χ3n) is 5.72. The first-order valence-electron chi connectivity index (χ1n) is 12.0. The Kier molecular flexibility index (Phi) is 11.3. The molecule has 0 aliphatic rings. The summed E-state index contributed by atoms with van der Waals surface area (Å²) in [7, 11) is 0. The Morgan fingerprint density at radius 3 is 2.27 bits per heavy atom. The van der Waals surface area contributed by atoms with Crippen molar-refractivity contribution in [2.45, 2.75) is 97.4 Å². The van der Waals surface area contributed by atoms with Crippen LogP contribution in [0.3, 0.4) is 0 Å².